The molecule has 218 valence electrons. The maximum absolute atomic E-state index is 13.6. The van der Waals surface area contributed by atoms with Gasteiger partial charge in [-0.25, -0.2) is 9.67 Å². The number of hydrogen-bond acceptors (Lipinski definition) is 8. The van der Waals surface area contributed by atoms with Crippen LogP contribution in [0.2, 0.25) is 25.7 Å². The third-order valence-electron chi connectivity index (χ3n) is 7.21. The lowest BCUT2D eigenvalue weighted by Crippen LogP contribution is -2.46. The number of hydrogen-bond donors (Lipinski definition) is 2. The van der Waals surface area contributed by atoms with E-state index in [2.05, 4.69) is 46.9 Å². The first-order valence-electron chi connectivity index (χ1n) is 13.9. The van der Waals surface area contributed by atoms with E-state index < -0.39 is 19.9 Å². The van der Waals surface area contributed by atoms with Crippen molar-refractivity contribution >= 4 is 42.3 Å². The van der Waals surface area contributed by atoms with Crippen molar-refractivity contribution in [2.45, 2.75) is 64.8 Å². The van der Waals surface area contributed by atoms with Crippen molar-refractivity contribution in [3.63, 3.8) is 0 Å². The molecular weight excluding hydrogens is 526 g/mol. The number of anilines is 2. The Bertz CT molecular complexity index is 1330. The van der Waals surface area contributed by atoms with Crippen molar-refractivity contribution in [3.05, 3.63) is 30.4 Å². The molecule has 2 amide bonds. The molecule has 3 aromatic heterocycles. The van der Waals surface area contributed by atoms with E-state index in [1.165, 1.54) is 6.20 Å². The topological polar surface area (TPSA) is 136 Å². The minimum atomic E-state index is -1.24. The molecule has 4 heterocycles. The van der Waals surface area contributed by atoms with Crippen molar-refractivity contribution in [1.82, 2.24) is 34.3 Å². The van der Waals surface area contributed by atoms with Gasteiger partial charge < -0.3 is 25.6 Å². The molecule has 1 aliphatic heterocycles. The largest absolute Gasteiger partial charge is 0.383 e. The van der Waals surface area contributed by atoms with Crippen LogP contribution in [0, 0.1) is 5.92 Å². The molecular formula is C27H43N9O3Si. The maximum atomic E-state index is 13.6. The van der Waals surface area contributed by atoms with Crippen LogP contribution in [0.4, 0.5) is 11.5 Å². The molecule has 40 heavy (non-hydrogen) atoms. The van der Waals surface area contributed by atoms with Gasteiger partial charge in [-0.15, -0.1) is 0 Å². The third-order valence-corrected chi connectivity index (χ3v) is 8.92. The van der Waals surface area contributed by atoms with Crippen LogP contribution in [-0.4, -0.2) is 88.0 Å². The summed E-state index contributed by atoms with van der Waals surface area (Å²) in [6, 6.07) is 2.71. The standard InChI is InChI=1S/C27H43N9O3Si/c1-19-7-8-23(21-9-10-34(32-21)12-11-33(2)3)35(17-19)27(38)26(37)31-22-16-29-25(28)20-15-30-36(24(20)22)18-39-13-14-40(4,5)6/h9-10,15-16,19,23H,7-8,11-14,17-18H2,1-6H3,(H2,28,29)(H,31,37)/t19-,23+/m1/s1. The predicted molar refractivity (Wildman–Crippen MR) is 158 cm³/mol. The Balaban J connectivity index is 1.51. The number of nitrogens with two attached hydrogens (primary N) is 1. The second-order valence-corrected chi connectivity index (χ2v) is 17.8. The predicted octanol–water partition coefficient (Wildman–Crippen LogP) is 3.02. The highest BCUT2D eigenvalue weighted by Crippen LogP contribution is 2.33. The zero-order valence-corrected chi connectivity index (χ0v) is 25.6. The second kappa shape index (κ2) is 12.5. The number of carbonyl (C=O) groups is 2. The van der Waals surface area contributed by atoms with Gasteiger partial charge in [0.1, 0.15) is 12.5 Å². The van der Waals surface area contributed by atoms with Gasteiger partial charge in [-0.3, -0.25) is 14.3 Å². The van der Waals surface area contributed by atoms with Crippen LogP contribution < -0.4 is 11.1 Å². The van der Waals surface area contributed by atoms with E-state index in [1.54, 1.807) is 15.8 Å². The van der Waals surface area contributed by atoms with Crippen LogP contribution in [0.5, 0.6) is 0 Å². The number of fused-ring (bicyclic) bond motifs is 1. The normalized spacial score (nSPS) is 18.0. The van der Waals surface area contributed by atoms with Gasteiger partial charge >= 0.3 is 11.8 Å². The first kappa shape index (κ1) is 29.7. The second-order valence-electron chi connectivity index (χ2n) is 12.2. The van der Waals surface area contributed by atoms with Crippen LogP contribution in [0.25, 0.3) is 10.9 Å². The zero-order chi connectivity index (χ0) is 29.0. The Labute approximate surface area is 236 Å². The number of nitrogen functional groups attached to an aromatic ring is 1. The molecule has 0 aliphatic carbocycles. The Hall–Kier alpha value is -3.29. The summed E-state index contributed by atoms with van der Waals surface area (Å²) in [6.45, 7) is 11.9. The number of nitrogens with zero attached hydrogens (tertiary/aromatic N) is 7. The molecule has 0 bridgehead atoms. The molecule has 12 nitrogen and oxygen atoms in total. The first-order valence-corrected chi connectivity index (χ1v) is 17.6. The average molecular weight is 570 g/mol. The number of ether oxygens (including phenoxy) is 1. The summed E-state index contributed by atoms with van der Waals surface area (Å²) in [7, 11) is 2.80. The molecule has 0 unspecified atom stereocenters. The minimum Gasteiger partial charge on any atom is -0.383 e. The van der Waals surface area contributed by atoms with Gasteiger partial charge in [0.15, 0.2) is 0 Å². The van der Waals surface area contributed by atoms with E-state index >= 15 is 0 Å². The third kappa shape index (κ3) is 7.26. The summed E-state index contributed by atoms with van der Waals surface area (Å²) in [5, 5.41) is 12.5. The van der Waals surface area contributed by atoms with Gasteiger partial charge in [0.05, 0.1) is 47.3 Å². The van der Waals surface area contributed by atoms with Gasteiger partial charge in [-0.1, -0.05) is 26.6 Å². The van der Waals surface area contributed by atoms with Crippen molar-refractivity contribution in [2.75, 3.05) is 44.8 Å². The zero-order valence-electron chi connectivity index (χ0n) is 24.6. The van der Waals surface area contributed by atoms with Crippen LogP contribution >= 0.6 is 0 Å². The molecule has 0 saturated carbocycles. The van der Waals surface area contributed by atoms with Crippen LogP contribution in [0.1, 0.15) is 31.5 Å². The quantitative estimate of drug-likeness (QED) is 0.216. The smallest absolute Gasteiger partial charge is 0.314 e. The molecule has 2 atom stereocenters. The lowest BCUT2D eigenvalue weighted by atomic mass is 9.92. The van der Waals surface area contributed by atoms with Crippen LogP contribution in [-0.2, 0) is 27.6 Å². The van der Waals surface area contributed by atoms with E-state index in [4.69, 9.17) is 15.6 Å². The highest BCUT2D eigenvalue weighted by atomic mass is 28.3. The number of nitrogens with one attached hydrogen (secondary N) is 1. The molecule has 4 rings (SSSR count). The summed E-state index contributed by atoms with van der Waals surface area (Å²) in [4.78, 5) is 34.9. The fourth-order valence-electron chi connectivity index (χ4n) is 4.81. The molecule has 3 aromatic rings. The summed E-state index contributed by atoms with van der Waals surface area (Å²) in [5.41, 5.74) is 7.84. The monoisotopic (exact) mass is 569 g/mol. The fraction of sp³-hybridized carbons (Fsp3) is 0.593. The first-order chi connectivity index (χ1) is 18.9. The number of likely N-dealkylation sites (tertiary alicyclic amines) is 1. The summed E-state index contributed by atoms with van der Waals surface area (Å²) >= 11 is 0. The fourth-order valence-corrected chi connectivity index (χ4v) is 5.57. The van der Waals surface area contributed by atoms with Crippen molar-refractivity contribution in [1.29, 1.82) is 0 Å². The van der Waals surface area contributed by atoms with Crippen LogP contribution in [0.15, 0.2) is 24.7 Å². The SMILES string of the molecule is C[C@@H]1CC[C@@H](c2ccn(CCN(C)C)n2)N(C(=O)C(=O)Nc2cnc(N)c3cnn(COCC[Si](C)(C)C)c23)C1. The molecule has 0 radical (unpaired) electrons. The van der Waals surface area contributed by atoms with E-state index in [9.17, 15) is 9.59 Å². The molecule has 13 heteroatoms. The average Bonchev–Trinajstić information content (AvgIpc) is 3.54. The van der Waals surface area contributed by atoms with E-state index in [-0.39, 0.29) is 18.7 Å². The molecule has 1 fully saturated rings. The highest BCUT2D eigenvalue weighted by Gasteiger charge is 2.35. The van der Waals surface area contributed by atoms with E-state index in [0.717, 1.165) is 37.7 Å². The summed E-state index contributed by atoms with van der Waals surface area (Å²) in [6.07, 6.45) is 6.71. The Morgan fingerprint density at radius 1 is 1.23 bits per heavy atom. The molecule has 1 aliphatic rings. The number of rotatable bonds is 10. The van der Waals surface area contributed by atoms with Gasteiger partial charge in [-0.2, -0.15) is 10.2 Å². The van der Waals surface area contributed by atoms with Gasteiger partial charge in [-0.05, 0) is 45.0 Å². The number of amides is 2. The summed E-state index contributed by atoms with van der Waals surface area (Å²) in [5.74, 6) is -0.751. The van der Waals surface area contributed by atoms with Gasteiger partial charge in [0.2, 0.25) is 0 Å². The van der Waals surface area contributed by atoms with Crippen LogP contribution in [0.3, 0.4) is 0 Å². The van der Waals surface area contributed by atoms with Crippen molar-refractivity contribution in [2.24, 2.45) is 5.92 Å². The summed E-state index contributed by atoms with van der Waals surface area (Å²) < 4.78 is 9.42. The van der Waals surface area contributed by atoms with E-state index in [0.29, 0.717) is 35.6 Å². The number of carbonyl (C=O) groups excluding carboxylic acids is 2. The van der Waals surface area contributed by atoms with Gasteiger partial charge in [0.25, 0.3) is 0 Å². The van der Waals surface area contributed by atoms with Crippen molar-refractivity contribution in [3.8, 4) is 0 Å². The number of piperidine rings is 1. The Morgan fingerprint density at radius 3 is 2.73 bits per heavy atom. The lowest BCUT2D eigenvalue weighted by molar-refractivity contribution is -0.146. The molecule has 0 spiro atoms. The molecule has 1 saturated heterocycles. The highest BCUT2D eigenvalue weighted by molar-refractivity contribution is 6.76. The number of likely N-dealkylation sites (N-methyl/N-ethyl adjacent to an activating group) is 1. The van der Waals surface area contributed by atoms with E-state index in [1.807, 2.05) is 31.0 Å². The Morgan fingerprint density at radius 2 is 2.00 bits per heavy atom. The molecule has 0 aromatic carbocycles. The van der Waals surface area contributed by atoms with Gasteiger partial charge in [0, 0.05) is 34.0 Å². The molecule has 3 N–H and O–H groups in total. The minimum absolute atomic E-state index is 0.205. The Kier molecular flexibility index (Phi) is 9.26. The maximum Gasteiger partial charge on any atom is 0.314 e. The number of pyridine rings is 1. The lowest BCUT2D eigenvalue weighted by Gasteiger charge is -2.37. The number of aromatic nitrogens is 5. The van der Waals surface area contributed by atoms with Crippen molar-refractivity contribution < 1.29 is 14.3 Å².